The van der Waals surface area contributed by atoms with Gasteiger partial charge in [-0.1, -0.05) is 36.1 Å². The van der Waals surface area contributed by atoms with Crippen LogP contribution in [-0.2, 0) is 9.59 Å². The Labute approximate surface area is 146 Å². The Morgan fingerprint density at radius 1 is 1.38 bits per heavy atom. The Balaban J connectivity index is 2.03. The Bertz CT molecular complexity index is 677. The van der Waals surface area contributed by atoms with E-state index in [0.717, 1.165) is 11.8 Å². The number of carbonyl (C=O) groups is 2. The van der Waals surface area contributed by atoms with Crippen molar-refractivity contribution in [1.82, 2.24) is 4.90 Å². The summed E-state index contributed by atoms with van der Waals surface area (Å²) in [6, 6.07) is 5.86. The van der Waals surface area contributed by atoms with Crippen LogP contribution >= 0.6 is 24.0 Å². The number of thioether (sulfide) groups is 1. The van der Waals surface area contributed by atoms with Crippen molar-refractivity contribution in [3.8, 4) is 5.75 Å². The third-order valence-electron chi connectivity index (χ3n) is 3.05. The van der Waals surface area contributed by atoms with E-state index in [2.05, 4.69) is 4.74 Å². The Kier molecular flexibility index (Phi) is 6.27. The van der Waals surface area contributed by atoms with Crippen molar-refractivity contribution in [2.24, 2.45) is 0 Å². The molecule has 1 aromatic carbocycles. The summed E-state index contributed by atoms with van der Waals surface area (Å²) >= 11 is 6.26. The first kappa shape index (κ1) is 18.3. The number of aliphatic carboxylic acids is 1. The summed E-state index contributed by atoms with van der Waals surface area (Å²) in [7, 11) is 0. The van der Waals surface area contributed by atoms with Gasteiger partial charge in [0.1, 0.15) is 10.1 Å². The summed E-state index contributed by atoms with van der Waals surface area (Å²) in [5, 5.41) is 8.63. The fourth-order valence-corrected chi connectivity index (χ4v) is 3.29. The first-order chi connectivity index (χ1) is 11.4. The van der Waals surface area contributed by atoms with Crippen molar-refractivity contribution >= 4 is 46.3 Å². The predicted molar refractivity (Wildman–Crippen MR) is 89.8 cm³/mol. The Morgan fingerprint density at radius 3 is 2.62 bits per heavy atom. The van der Waals surface area contributed by atoms with E-state index in [0.29, 0.717) is 21.2 Å². The van der Waals surface area contributed by atoms with Gasteiger partial charge < -0.3 is 9.84 Å². The quantitative estimate of drug-likeness (QED) is 0.584. The van der Waals surface area contributed by atoms with Gasteiger partial charge in [0.25, 0.3) is 5.91 Å². The lowest BCUT2D eigenvalue weighted by Gasteiger charge is -2.13. The molecule has 1 saturated heterocycles. The highest BCUT2D eigenvalue weighted by Crippen LogP contribution is 2.33. The maximum absolute atomic E-state index is 12.3. The van der Waals surface area contributed by atoms with Crippen LogP contribution in [-0.4, -0.2) is 39.4 Å². The number of amides is 1. The van der Waals surface area contributed by atoms with Crippen LogP contribution in [0.5, 0.6) is 5.75 Å². The van der Waals surface area contributed by atoms with E-state index < -0.39 is 12.6 Å². The van der Waals surface area contributed by atoms with Crippen molar-refractivity contribution in [3.63, 3.8) is 0 Å². The molecule has 5 nitrogen and oxygen atoms in total. The van der Waals surface area contributed by atoms with Crippen LogP contribution in [0.15, 0.2) is 29.2 Å². The third kappa shape index (κ3) is 5.00. The molecule has 0 spiro atoms. The van der Waals surface area contributed by atoms with Crippen molar-refractivity contribution in [1.29, 1.82) is 0 Å². The number of halogens is 2. The highest BCUT2D eigenvalue weighted by atomic mass is 32.2. The minimum absolute atomic E-state index is 0.0309. The smallest absolute Gasteiger partial charge is 0.387 e. The number of ether oxygens (including phenoxy) is 1. The van der Waals surface area contributed by atoms with Crippen LogP contribution in [0.1, 0.15) is 18.4 Å². The second-order valence-electron chi connectivity index (χ2n) is 4.78. The molecule has 1 aliphatic heterocycles. The molecule has 1 fully saturated rings. The summed E-state index contributed by atoms with van der Waals surface area (Å²) in [4.78, 5) is 24.6. The molecule has 0 aliphatic carbocycles. The number of hydrogen-bond donors (Lipinski definition) is 1. The van der Waals surface area contributed by atoms with E-state index in [9.17, 15) is 18.4 Å². The first-order valence-electron chi connectivity index (χ1n) is 6.89. The SMILES string of the molecule is O=C(O)CCCN1C(=O)/C(=C\c2ccc(OC(F)F)cc2)SC1=S. The summed E-state index contributed by atoms with van der Waals surface area (Å²) in [6.07, 6.45) is 1.87. The normalized spacial score (nSPS) is 16.3. The number of carboxylic acid groups (broad SMARTS) is 1. The van der Waals surface area contributed by atoms with E-state index in [4.69, 9.17) is 17.3 Å². The lowest BCUT2D eigenvalue weighted by atomic mass is 10.2. The fourth-order valence-electron chi connectivity index (χ4n) is 1.98. The second kappa shape index (κ2) is 8.20. The summed E-state index contributed by atoms with van der Waals surface area (Å²) < 4.78 is 28.8. The Hall–Kier alpha value is -2.00. The van der Waals surface area contributed by atoms with E-state index in [1.54, 1.807) is 18.2 Å². The van der Waals surface area contributed by atoms with Gasteiger partial charge >= 0.3 is 12.6 Å². The minimum atomic E-state index is -2.89. The number of carboxylic acids is 1. The molecule has 1 heterocycles. The zero-order valence-electron chi connectivity index (χ0n) is 12.3. The van der Waals surface area contributed by atoms with E-state index in [1.807, 2.05) is 0 Å². The maximum atomic E-state index is 12.3. The third-order valence-corrected chi connectivity index (χ3v) is 4.43. The molecule has 24 heavy (non-hydrogen) atoms. The molecule has 128 valence electrons. The van der Waals surface area contributed by atoms with Crippen LogP contribution in [0, 0.1) is 0 Å². The molecule has 1 aromatic rings. The molecule has 0 bridgehead atoms. The largest absolute Gasteiger partial charge is 0.481 e. The van der Waals surface area contributed by atoms with Crippen molar-refractivity contribution < 1.29 is 28.2 Å². The average molecular weight is 373 g/mol. The molecule has 9 heteroatoms. The Morgan fingerprint density at radius 2 is 2.04 bits per heavy atom. The van der Waals surface area contributed by atoms with E-state index >= 15 is 0 Å². The molecule has 1 amide bonds. The number of thiocarbonyl (C=S) groups is 1. The van der Waals surface area contributed by atoms with Crippen LogP contribution < -0.4 is 4.74 Å². The van der Waals surface area contributed by atoms with Gasteiger partial charge in [-0.3, -0.25) is 14.5 Å². The lowest BCUT2D eigenvalue weighted by molar-refractivity contribution is -0.137. The highest BCUT2D eigenvalue weighted by molar-refractivity contribution is 8.26. The molecule has 0 radical (unpaired) electrons. The van der Waals surface area contributed by atoms with Crippen LogP contribution in [0.3, 0.4) is 0 Å². The van der Waals surface area contributed by atoms with Gasteiger partial charge in [-0.15, -0.1) is 0 Å². The van der Waals surface area contributed by atoms with Crippen molar-refractivity contribution in [2.75, 3.05) is 6.54 Å². The maximum Gasteiger partial charge on any atom is 0.387 e. The molecule has 0 atom stereocenters. The zero-order chi connectivity index (χ0) is 17.7. The summed E-state index contributed by atoms with van der Waals surface area (Å²) in [5.41, 5.74) is 0.641. The zero-order valence-corrected chi connectivity index (χ0v) is 13.9. The van der Waals surface area contributed by atoms with Crippen LogP contribution in [0.4, 0.5) is 8.78 Å². The topological polar surface area (TPSA) is 66.8 Å². The number of carbonyl (C=O) groups excluding carboxylic acids is 1. The second-order valence-corrected chi connectivity index (χ2v) is 6.45. The van der Waals surface area contributed by atoms with Gasteiger partial charge in [0.05, 0.1) is 4.91 Å². The number of rotatable bonds is 7. The first-order valence-corrected chi connectivity index (χ1v) is 8.11. The standard InChI is InChI=1S/C15H13F2NO4S2/c16-14(17)22-10-5-3-9(4-6-10)8-11-13(21)18(15(23)24-11)7-1-2-12(19)20/h3-6,8,14H,1-2,7H2,(H,19,20)/b11-8+. The molecule has 1 N–H and O–H groups in total. The van der Waals surface area contributed by atoms with Gasteiger partial charge in [0.2, 0.25) is 0 Å². The summed E-state index contributed by atoms with van der Waals surface area (Å²) in [5.74, 6) is -1.19. The molecule has 0 aromatic heterocycles. The molecule has 1 aliphatic rings. The minimum Gasteiger partial charge on any atom is -0.481 e. The van der Waals surface area contributed by atoms with E-state index in [-0.39, 0.29) is 24.6 Å². The molecule has 0 unspecified atom stereocenters. The number of nitrogens with zero attached hydrogens (tertiary/aromatic N) is 1. The van der Waals surface area contributed by atoms with Crippen LogP contribution in [0.25, 0.3) is 6.08 Å². The predicted octanol–water partition coefficient (Wildman–Crippen LogP) is 3.35. The van der Waals surface area contributed by atoms with Gasteiger partial charge in [-0.25, -0.2) is 0 Å². The van der Waals surface area contributed by atoms with Gasteiger partial charge in [0.15, 0.2) is 0 Å². The monoisotopic (exact) mass is 373 g/mol. The van der Waals surface area contributed by atoms with Crippen LogP contribution in [0.2, 0.25) is 0 Å². The van der Waals surface area contributed by atoms with Gasteiger partial charge in [-0.05, 0) is 30.2 Å². The number of alkyl halides is 2. The molecular formula is C15H13F2NO4S2. The number of benzene rings is 1. The van der Waals surface area contributed by atoms with Crippen molar-refractivity contribution in [3.05, 3.63) is 34.7 Å². The molecular weight excluding hydrogens is 360 g/mol. The van der Waals surface area contributed by atoms with Gasteiger partial charge in [0, 0.05) is 13.0 Å². The lowest BCUT2D eigenvalue weighted by Crippen LogP contribution is -2.29. The van der Waals surface area contributed by atoms with E-state index in [1.165, 1.54) is 17.0 Å². The average Bonchev–Trinajstić information content (AvgIpc) is 2.76. The highest BCUT2D eigenvalue weighted by Gasteiger charge is 2.31. The molecule has 2 rings (SSSR count). The van der Waals surface area contributed by atoms with Crippen molar-refractivity contribution in [2.45, 2.75) is 19.5 Å². The summed E-state index contributed by atoms with van der Waals surface area (Å²) in [6.45, 7) is -2.65. The number of hydrogen-bond acceptors (Lipinski definition) is 5. The fraction of sp³-hybridized carbons (Fsp3) is 0.267. The molecule has 0 saturated carbocycles. The van der Waals surface area contributed by atoms with Gasteiger partial charge in [-0.2, -0.15) is 8.78 Å².